The minimum atomic E-state index is 0.594. The van der Waals surface area contributed by atoms with E-state index in [4.69, 9.17) is 14.1 Å². The molecule has 3 aromatic heterocycles. The largest absolute Gasteiger partial charge is 0.481 e. The summed E-state index contributed by atoms with van der Waals surface area (Å²) in [6, 6.07) is 3.79. The highest BCUT2D eigenvalue weighted by atomic mass is 16.5. The number of aromatic nitrogens is 5. The van der Waals surface area contributed by atoms with Crippen LogP contribution in [-0.2, 0) is 19.5 Å². The number of aryl methyl sites for hydroxylation is 1. The number of hydrogen-bond donors (Lipinski definition) is 1. The minimum Gasteiger partial charge on any atom is -0.481 e. The Labute approximate surface area is 138 Å². The number of nitrogens with one attached hydrogen (secondary N) is 1. The van der Waals surface area contributed by atoms with Crippen LogP contribution in [0.2, 0.25) is 0 Å². The summed E-state index contributed by atoms with van der Waals surface area (Å²) < 4.78 is 10.6. The molecule has 0 radical (unpaired) electrons. The highest BCUT2D eigenvalue weighted by molar-refractivity contribution is 5.55. The third-order valence-corrected chi connectivity index (χ3v) is 4.06. The molecule has 4 heterocycles. The molecule has 8 heteroatoms. The number of ether oxygens (including phenoxy) is 1. The molecule has 0 atom stereocenters. The second kappa shape index (κ2) is 6.04. The van der Waals surface area contributed by atoms with Crippen LogP contribution in [0.4, 0.5) is 0 Å². The summed E-state index contributed by atoms with van der Waals surface area (Å²) in [5, 5.41) is 7.93. The molecule has 0 amide bonds. The maximum Gasteiger partial charge on any atom is 0.230 e. The molecule has 0 aliphatic carbocycles. The molecule has 0 saturated carbocycles. The second-order valence-electron chi connectivity index (χ2n) is 5.78. The van der Waals surface area contributed by atoms with Gasteiger partial charge < -0.3 is 14.1 Å². The van der Waals surface area contributed by atoms with Crippen LogP contribution in [0.5, 0.6) is 5.88 Å². The van der Waals surface area contributed by atoms with Gasteiger partial charge in [0.25, 0.3) is 0 Å². The fourth-order valence-corrected chi connectivity index (χ4v) is 2.86. The van der Waals surface area contributed by atoms with Crippen molar-refractivity contribution in [3.63, 3.8) is 0 Å². The third-order valence-electron chi connectivity index (χ3n) is 4.06. The van der Waals surface area contributed by atoms with Crippen LogP contribution in [0.1, 0.15) is 23.2 Å². The van der Waals surface area contributed by atoms with E-state index >= 15 is 0 Å². The maximum atomic E-state index is 5.46. The van der Waals surface area contributed by atoms with Gasteiger partial charge >= 0.3 is 0 Å². The minimum absolute atomic E-state index is 0.594. The van der Waals surface area contributed by atoms with Gasteiger partial charge in [-0.25, -0.2) is 9.97 Å². The lowest BCUT2D eigenvalue weighted by Crippen LogP contribution is -2.30. The molecule has 1 aliphatic heterocycles. The van der Waals surface area contributed by atoms with Crippen molar-refractivity contribution in [1.82, 2.24) is 30.0 Å². The summed E-state index contributed by atoms with van der Waals surface area (Å²) >= 11 is 0. The standard InChI is InChI=1S/C16H18N6O2/c1-10-20-21-15(24-10)9-22-6-5-12-13(8-22)19-16(18-12)11-3-4-14(23-2)17-7-11/h3-4,7H,5-6,8-9H2,1-2H3,(H,18,19). The highest BCUT2D eigenvalue weighted by Gasteiger charge is 2.22. The average Bonchev–Trinajstić information content (AvgIpc) is 3.20. The van der Waals surface area contributed by atoms with Crippen molar-refractivity contribution < 1.29 is 9.15 Å². The fraction of sp³-hybridized carbons (Fsp3) is 0.375. The van der Waals surface area contributed by atoms with E-state index in [1.54, 1.807) is 20.2 Å². The normalized spacial score (nSPS) is 14.6. The van der Waals surface area contributed by atoms with Crippen LogP contribution in [0, 0.1) is 6.92 Å². The van der Waals surface area contributed by atoms with Crippen molar-refractivity contribution in [2.24, 2.45) is 0 Å². The first-order valence-corrected chi connectivity index (χ1v) is 7.81. The monoisotopic (exact) mass is 326 g/mol. The number of nitrogens with zero attached hydrogens (tertiary/aromatic N) is 5. The number of H-pyrrole nitrogens is 1. The van der Waals surface area contributed by atoms with E-state index in [1.807, 2.05) is 12.1 Å². The Balaban J connectivity index is 1.50. The van der Waals surface area contributed by atoms with E-state index < -0.39 is 0 Å². The molecule has 0 spiro atoms. The fourth-order valence-electron chi connectivity index (χ4n) is 2.86. The van der Waals surface area contributed by atoms with Gasteiger partial charge in [-0.15, -0.1) is 10.2 Å². The van der Waals surface area contributed by atoms with E-state index in [2.05, 4.69) is 25.1 Å². The van der Waals surface area contributed by atoms with Crippen molar-refractivity contribution in [3.8, 4) is 17.3 Å². The van der Waals surface area contributed by atoms with Crippen LogP contribution >= 0.6 is 0 Å². The molecule has 0 bridgehead atoms. The van der Waals surface area contributed by atoms with Gasteiger partial charge in [0.2, 0.25) is 17.7 Å². The van der Waals surface area contributed by atoms with Crippen molar-refractivity contribution in [2.75, 3.05) is 13.7 Å². The van der Waals surface area contributed by atoms with Crippen molar-refractivity contribution in [2.45, 2.75) is 26.4 Å². The van der Waals surface area contributed by atoms with Crippen LogP contribution in [0.25, 0.3) is 11.4 Å². The van der Waals surface area contributed by atoms with Crippen LogP contribution in [0.3, 0.4) is 0 Å². The summed E-state index contributed by atoms with van der Waals surface area (Å²) in [6.07, 6.45) is 2.66. The second-order valence-corrected chi connectivity index (χ2v) is 5.78. The zero-order chi connectivity index (χ0) is 16.5. The van der Waals surface area contributed by atoms with E-state index in [1.165, 1.54) is 0 Å². The van der Waals surface area contributed by atoms with Gasteiger partial charge in [0.15, 0.2) is 0 Å². The number of methoxy groups -OCH3 is 1. The number of aromatic amines is 1. The Morgan fingerprint density at radius 1 is 1.33 bits per heavy atom. The zero-order valence-electron chi connectivity index (χ0n) is 13.6. The molecule has 8 nitrogen and oxygen atoms in total. The topological polar surface area (TPSA) is 93.0 Å². The molecule has 4 rings (SSSR count). The first-order valence-electron chi connectivity index (χ1n) is 7.81. The Kier molecular flexibility index (Phi) is 3.73. The predicted octanol–water partition coefficient (Wildman–Crippen LogP) is 1.73. The van der Waals surface area contributed by atoms with Crippen molar-refractivity contribution in [1.29, 1.82) is 0 Å². The lowest BCUT2D eigenvalue weighted by molar-refractivity contribution is 0.216. The molecule has 0 fully saturated rings. The van der Waals surface area contributed by atoms with Gasteiger partial charge in [0.1, 0.15) is 5.82 Å². The number of fused-ring (bicyclic) bond motifs is 1. The molecule has 124 valence electrons. The van der Waals surface area contributed by atoms with Crippen molar-refractivity contribution >= 4 is 0 Å². The zero-order valence-corrected chi connectivity index (χ0v) is 13.6. The molecule has 24 heavy (non-hydrogen) atoms. The number of imidazole rings is 1. The SMILES string of the molecule is COc1ccc(-c2nc3c([nH]2)CN(Cc2nnc(C)o2)CC3)cn1. The summed E-state index contributed by atoms with van der Waals surface area (Å²) in [4.78, 5) is 14.6. The molecule has 0 unspecified atom stereocenters. The van der Waals surface area contributed by atoms with Gasteiger partial charge in [-0.2, -0.15) is 0 Å². The lowest BCUT2D eigenvalue weighted by Gasteiger charge is -2.24. The Hall–Kier alpha value is -2.74. The summed E-state index contributed by atoms with van der Waals surface area (Å²) in [5.74, 6) is 2.68. The Morgan fingerprint density at radius 2 is 2.25 bits per heavy atom. The van der Waals surface area contributed by atoms with Crippen LogP contribution < -0.4 is 4.74 Å². The summed E-state index contributed by atoms with van der Waals surface area (Å²) in [5.41, 5.74) is 3.19. The molecular weight excluding hydrogens is 308 g/mol. The quantitative estimate of drug-likeness (QED) is 0.780. The van der Waals surface area contributed by atoms with Gasteiger partial charge in [-0.3, -0.25) is 4.90 Å². The van der Waals surface area contributed by atoms with E-state index in [0.717, 1.165) is 42.3 Å². The van der Waals surface area contributed by atoms with Gasteiger partial charge in [-0.05, 0) is 6.07 Å². The van der Waals surface area contributed by atoms with Gasteiger partial charge in [0, 0.05) is 44.3 Å². The van der Waals surface area contributed by atoms with Gasteiger partial charge in [0.05, 0.1) is 25.0 Å². The van der Waals surface area contributed by atoms with E-state index in [-0.39, 0.29) is 0 Å². The number of hydrogen-bond acceptors (Lipinski definition) is 7. The molecular formula is C16H18N6O2. The molecule has 0 saturated heterocycles. The molecule has 3 aromatic rings. The molecule has 1 N–H and O–H groups in total. The highest BCUT2D eigenvalue weighted by Crippen LogP contribution is 2.24. The Morgan fingerprint density at radius 3 is 2.96 bits per heavy atom. The average molecular weight is 326 g/mol. The summed E-state index contributed by atoms with van der Waals surface area (Å²) in [7, 11) is 1.60. The number of rotatable bonds is 4. The van der Waals surface area contributed by atoms with E-state index in [9.17, 15) is 0 Å². The first-order chi connectivity index (χ1) is 11.7. The van der Waals surface area contributed by atoms with Crippen molar-refractivity contribution in [3.05, 3.63) is 41.5 Å². The Bertz CT molecular complexity index is 839. The third kappa shape index (κ3) is 2.88. The molecule has 1 aliphatic rings. The number of pyridine rings is 1. The lowest BCUT2D eigenvalue weighted by atomic mass is 10.1. The van der Waals surface area contributed by atoms with Crippen LogP contribution in [0.15, 0.2) is 22.7 Å². The smallest absolute Gasteiger partial charge is 0.230 e. The van der Waals surface area contributed by atoms with Gasteiger partial charge in [-0.1, -0.05) is 0 Å². The predicted molar refractivity (Wildman–Crippen MR) is 85.2 cm³/mol. The summed E-state index contributed by atoms with van der Waals surface area (Å²) in [6.45, 7) is 4.15. The first kappa shape index (κ1) is 14.8. The van der Waals surface area contributed by atoms with Crippen LogP contribution in [-0.4, -0.2) is 43.7 Å². The maximum absolute atomic E-state index is 5.46. The van der Waals surface area contributed by atoms with E-state index in [0.29, 0.717) is 24.2 Å². The molecule has 0 aromatic carbocycles.